The molecule has 5 rings (SSSR count). The number of halogens is 2. The molecule has 178 valence electrons. The summed E-state index contributed by atoms with van der Waals surface area (Å²) in [4.78, 5) is 23.3. The minimum absolute atomic E-state index is 0.0102. The van der Waals surface area contributed by atoms with Crippen molar-refractivity contribution in [2.24, 2.45) is 0 Å². The number of esters is 1. The summed E-state index contributed by atoms with van der Waals surface area (Å²) in [7, 11) is 0. The summed E-state index contributed by atoms with van der Waals surface area (Å²) >= 11 is 0. The highest BCUT2D eigenvalue weighted by Crippen LogP contribution is 2.37. The van der Waals surface area contributed by atoms with Gasteiger partial charge in [0.1, 0.15) is 17.7 Å². The Balaban J connectivity index is 1.54. The summed E-state index contributed by atoms with van der Waals surface area (Å²) in [5.41, 5.74) is 2.32. The van der Waals surface area contributed by atoms with Gasteiger partial charge in [0.25, 0.3) is 0 Å². The van der Waals surface area contributed by atoms with Crippen LogP contribution >= 0.6 is 0 Å². The molecule has 3 aromatic rings. The van der Waals surface area contributed by atoms with Gasteiger partial charge in [0.15, 0.2) is 0 Å². The Kier molecular flexibility index (Phi) is 6.25. The standard InChI is InChI=1S/C24H25F2N5O3/c1-14-22(29-16-11-17(13-27-12-16)31-5-7-33-8-6-31)21-18(26)9-15(25)10-20(21)30-23(14)34-24(32)19-3-2-4-28-19/h9-13,19,28H,2-8H2,1H3,(H,29,30)/t19-/m1/s1. The molecule has 0 radical (unpaired) electrons. The van der Waals surface area contributed by atoms with Crippen molar-refractivity contribution in [1.82, 2.24) is 15.3 Å². The van der Waals surface area contributed by atoms with E-state index < -0.39 is 23.6 Å². The van der Waals surface area contributed by atoms with Crippen molar-refractivity contribution in [3.8, 4) is 5.88 Å². The molecule has 0 spiro atoms. The summed E-state index contributed by atoms with van der Waals surface area (Å²) in [5, 5.41) is 6.40. The number of nitrogens with zero attached hydrogens (tertiary/aromatic N) is 3. The zero-order valence-corrected chi connectivity index (χ0v) is 18.7. The average molecular weight is 469 g/mol. The molecule has 0 aliphatic carbocycles. The van der Waals surface area contributed by atoms with Gasteiger partial charge in [-0.15, -0.1) is 0 Å². The van der Waals surface area contributed by atoms with Crippen LogP contribution in [0.4, 0.5) is 25.8 Å². The first-order chi connectivity index (χ1) is 16.5. The third kappa shape index (κ3) is 4.51. The number of carbonyl (C=O) groups is 1. The lowest BCUT2D eigenvalue weighted by atomic mass is 10.1. The largest absolute Gasteiger partial charge is 0.406 e. The monoisotopic (exact) mass is 469 g/mol. The predicted molar refractivity (Wildman–Crippen MR) is 124 cm³/mol. The molecule has 0 bridgehead atoms. The van der Waals surface area contributed by atoms with Crippen molar-refractivity contribution in [3.05, 3.63) is 47.8 Å². The summed E-state index contributed by atoms with van der Waals surface area (Å²) in [6, 6.07) is 3.41. The number of fused-ring (bicyclic) bond motifs is 1. The van der Waals surface area contributed by atoms with Crippen LogP contribution in [0.25, 0.3) is 10.9 Å². The molecular formula is C24H25F2N5O3. The van der Waals surface area contributed by atoms with Crippen LogP contribution in [0.2, 0.25) is 0 Å². The normalized spacial score (nSPS) is 18.3. The molecule has 2 aromatic heterocycles. The van der Waals surface area contributed by atoms with E-state index in [1.165, 1.54) is 0 Å². The molecule has 0 amide bonds. The molecule has 2 aliphatic rings. The van der Waals surface area contributed by atoms with Crippen LogP contribution < -0.4 is 20.3 Å². The fraction of sp³-hybridized carbons (Fsp3) is 0.375. The first-order valence-electron chi connectivity index (χ1n) is 11.3. The first kappa shape index (κ1) is 22.4. The smallest absolute Gasteiger partial charge is 0.329 e. The molecule has 2 aliphatic heterocycles. The highest BCUT2D eigenvalue weighted by Gasteiger charge is 2.26. The summed E-state index contributed by atoms with van der Waals surface area (Å²) < 4.78 is 39.9. The maximum atomic E-state index is 14.9. The van der Waals surface area contributed by atoms with Crippen molar-refractivity contribution in [2.75, 3.05) is 43.1 Å². The number of pyridine rings is 2. The van der Waals surface area contributed by atoms with Crippen LogP contribution in [0.1, 0.15) is 18.4 Å². The predicted octanol–water partition coefficient (Wildman–Crippen LogP) is 3.45. The zero-order chi connectivity index (χ0) is 23.7. The fourth-order valence-corrected chi connectivity index (χ4v) is 4.33. The van der Waals surface area contributed by atoms with E-state index in [9.17, 15) is 13.6 Å². The van der Waals surface area contributed by atoms with E-state index in [0.29, 0.717) is 36.6 Å². The molecule has 1 aromatic carbocycles. The van der Waals surface area contributed by atoms with Gasteiger partial charge in [-0.25, -0.2) is 18.6 Å². The second-order valence-electron chi connectivity index (χ2n) is 8.42. The van der Waals surface area contributed by atoms with Gasteiger partial charge in [-0.1, -0.05) is 0 Å². The van der Waals surface area contributed by atoms with Gasteiger partial charge in [-0.3, -0.25) is 4.98 Å². The molecule has 10 heteroatoms. The number of morpholine rings is 1. The van der Waals surface area contributed by atoms with Gasteiger partial charge in [0.2, 0.25) is 5.88 Å². The van der Waals surface area contributed by atoms with Gasteiger partial charge in [0, 0.05) is 30.8 Å². The minimum Gasteiger partial charge on any atom is -0.406 e. The topological polar surface area (TPSA) is 88.6 Å². The van der Waals surface area contributed by atoms with Crippen molar-refractivity contribution < 1.29 is 23.0 Å². The number of aromatic nitrogens is 2. The molecule has 1 atom stereocenters. The van der Waals surface area contributed by atoms with Crippen LogP contribution in [0, 0.1) is 18.6 Å². The Labute approximate surface area is 195 Å². The third-order valence-corrected chi connectivity index (χ3v) is 6.11. The Morgan fingerprint density at radius 3 is 2.82 bits per heavy atom. The summed E-state index contributed by atoms with van der Waals surface area (Å²) in [6.07, 6.45) is 4.91. The van der Waals surface area contributed by atoms with E-state index in [-0.39, 0.29) is 16.8 Å². The van der Waals surface area contributed by atoms with E-state index in [1.807, 2.05) is 6.07 Å². The Morgan fingerprint density at radius 1 is 1.24 bits per heavy atom. The lowest BCUT2D eigenvalue weighted by Gasteiger charge is -2.28. The molecule has 2 saturated heterocycles. The Bertz CT molecular complexity index is 1230. The average Bonchev–Trinajstić information content (AvgIpc) is 3.37. The maximum Gasteiger partial charge on any atom is 0.329 e. The van der Waals surface area contributed by atoms with Crippen LogP contribution in [0.5, 0.6) is 5.88 Å². The SMILES string of the molecule is Cc1c(OC(=O)[C@H]2CCCN2)nc2cc(F)cc(F)c2c1Nc1cncc(N2CCOCC2)c1. The zero-order valence-electron chi connectivity index (χ0n) is 18.7. The molecule has 34 heavy (non-hydrogen) atoms. The van der Waals surface area contributed by atoms with Gasteiger partial charge in [0.05, 0.1) is 53.6 Å². The molecule has 4 heterocycles. The Hall–Kier alpha value is -3.37. The number of hydrogen-bond acceptors (Lipinski definition) is 8. The minimum atomic E-state index is -0.766. The van der Waals surface area contributed by atoms with E-state index >= 15 is 0 Å². The quantitative estimate of drug-likeness (QED) is 0.550. The van der Waals surface area contributed by atoms with Crippen LogP contribution in [-0.2, 0) is 9.53 Å². The molecule has 2 N–H and O–H groups in total. The molecule has 8 nitrogen and oxygen atoms in total. The third-order valence-electron chi connectivity index (χ3n) is 6.11. The molecular weight excluding hydrogens is 444 g/mol. The number of nitrogens with one attached hydrogen (secondary N) is 2. The van der Waals surface area contributed by atoms with Crippen molar-refractivity contribution in [1.29, 1.82) is 0 Å². The van der Waals surface area contributed by atoms with E-state index in [1.54, 1.807) is 19.3 Å². The van der Waals surface area contributed by atoms with Crippen molar-refractivity contribution in [3.63, 3.8) is 0 Å². The maximum absolute atomic E-state index is 14.9. The van der Waals surface area contributed by atoms with Crippen molar-refractivity contribution >= 4 is 33.9 Å². The lowest BCUT2D eigenvalue weighted by Crippen LogP contribution is -2.36. The Morgan fingerprint density at radius 2 is 2.06 bits per heavy atom. The number of hydrogen-bond donors (Lipinski definition) is 2. The van der Waals surface area contributed by atoms with Gasteiger partial charge >= 0.3 is 5.97 Å². The summed E-state index contributed by atoms with van der Waals surface area (Å²) in [5.74, 6) is -1.99. The van der Waals surface area contributed by atoms with Crippen LogP contribution in [0.3, 0.4) is 0 Å². The molecule has 0 unspecified atom stereocenters. The van der Waals surface area contributed by atoms with E-state index in [0.717, 1.165) is 43.9 Å². The van der Waals surface area contributed by atoms with E-state index in [4.69, 9.17) is 9.47 Å². The molecule has 2 fully saturated rings. The molecule has 0 saturated carbocycles. The van der Waals surface area contributed by atoms with E-state index in [2.05, 4.69) is 25.5 Å². The highest BCUT2D eigenvalue weighted by molar-refractivity contribution is 5.97. The highest BCUT2D eigenvalue weighted by atomic mass is 19.1. The fourth-order valence-electron chi connectivity index (χ4n) is 4.33. The number of ether oxygens (including phenoxy) is 2. The van der Waals surface area contributed by atoms with Crippen molar-refractivity contribution in [2.45, 2.75) is 25.8 Å². The number of benzene rings is 1. The van der Waals surface area contributed by atoms with Crippen LogP contribution in [0.15, 0.2) is 30.6 Å². The van der Waals surface area contributed by atoms with Gasteiger partial charge in [-0.2, -0.15) is 0 Å². The van der Waals surface area contributed by atoms with Crippen LogP contribution in [-0.4, -0.2) is 54.8 Å². The lowest BCUT2D eigenvalue weighted by molar-refractivity contribution is -0.136. The number of carbonyl (C=O) groups excluding carboxylic acids is 1. The second-order valence-corrected chi connectivity index (χ2v) is 8.42. The second kappa shape index (κ2) is 9.47. The van der Waals surface area contributed by atoms with Gasteiger partial charge in [-0.05, 0) is 32.4 Å². The van der Waals surface area contributed by atoms with Gasteiger partial charge < -0.3 is 25.0 Å². The first-order valence-corrected chi connectivity index (χ1v) is 11.3. The number of anilines is 3. The summed E-state index contributed by atoms with van der Waals surface area (Å²) in [6.45, 7) is 5.17. The number of rotatable bonds is 5.